The average Bonchev–Trinajstić information content (AvgIpc) is 3.14. The van der Waals surface area contributed by atoms with Crippen LogP contribution in [0.1, 0.15) is 16.3 Å². The largest absolute Gasteiger partial charge is 0.401 e. The van der Waals surface area contributed by atoms with Crippen LogP contribution < -0.4 is 10.6 Å². The van der Waals surface area contributed by atoms with Gasteiger partial charge >= 0.3 is 6.18 Å². The molecule has 0 saturated carbocycles. The maximum Gasteiger partial charge on any atom is 0.401 e. The van der Waals surface area contributed by atoms with Crippen molar-refractivity contribution in [3.05, 3.63) is 40.0 Å². The molecule has 3 rings (SSSR count). The molecule has 26 heavy (non-hydrogen) atoms. The van der Waals surface area contributed by atoms with Gasteiger partial charge in [0, 0.05) is 18.1 Å². The van der Waals surface area contributed by atoms with Gasteiger partial charge in [0.2, 0.25) is 0 Å². The minimum absolute atomic E-state index is 0.109. The Kier molecular flexibility index (Phi) is 5.54. The summed E-state index contributed by atoms with van der Waals surface area (Å²) >= 11 is 3.06. The molecular formula is C16H16F3N5S2. The first kappa shape index (κ1) is 18.7. The first-order chi connectivity index (χ1) is 12.3. The Bertz CT molecular complexity index is 871. The summed E-state index contributed by atoms with van der Waals surface area (Å²) in [5.41, 5.74) is 2.50. The van der Waals surface area contributed by atoms with E-state index in [1.807, 2.05) is 19.2 Å². The van der Waals surface area contributed by atoms with Crippen LogP contribution in [0.5, 0.6) is 0 Å². The topological polar surface area (TPSA) is 62.7 Å². The average molecular weight is 399 g/mol. The predicted octanol–water partition coefficient (Wildman–Crippen LogP) is 4.67. The number of rotatable bonds is 6. The number of aryl methyl sites for hydroxylation is 2. The van der Waals surface area contributed by atoms with Crippen molar-refractivity contribution in [2.75, 3.05) is 11.9 Å². The predicted molar refractivity (Wildman–Crippen MR) is 98.0 cm³/mol. The highest BCUT2D eigenvalue weighted by Crippen LogP contribution is 2.32. The molecule has 3 aromatic rings. The number of nitrogens with one attached hydrogen (secondary N) is 2. The molecule has 3 heterocycles. The number of nitrogens with zero attached hydrogens (tertiary/aromatic N) is 3. The van der Waals surface area contributed by atoms with Gasteiger partial charge in [-0.3, -0.25) is 0 Å². The first-order valence-electron chi connectivity index (χ1n) is 7.69. The molecule has 0 spiro atoms. The molecule has 0 saturated heterocycles. The maximum absolute atomic E-state index is 12.1. The summed E-state index contributed by atoms with van der Waals surface area (Å²) in [6.45, 7) is 3.00. The summed E-state index contributed by atoms with van der Waals surface area (Å²) in [6, 6.07) is 3.44. The minimum atomic E-state index is -4.22. The number of aromatic nitrogens is 3. The van der Waals surface area contributed by atoms with E-state index in [-0.39, 0.29) is 6.54 Å². The molecule has 0 radical (unpaired) electrons. The second kappa shape index (κ2) is 7.68. The maximum atomic E-state index is 12.1. The highest BCUT2D eigenvalue weighted by molar-refractivity contribution is 7.16. The molecule has 0 aliphatic carbocycles. The number of pyridine rings is 1. The van der Waals surface area contributed by atoms with Gasteiger partial charge in [-0.1, -0.05) is 6.07 Å². The van der Waals surface area contributed by atoms with Crippen molar-refractivity contribution >= 4 is 33.6 Å². The van der Waals surface area contributed by atoms with Crippen LogP contribution >= 0.6 is 22.7 Å². The van der Waals surface area contributed by atoms with E-state index in [1.54, 1.807) is 23.5 Å². The Morgan fingerprint density at radius 1 is 1.15 bits per heavy atom. The van der Waals surface area contributed by atoms with Gasteiger partial charge in [0.05, 0.1) is 27.8 Å². The van der Waals surface area contributed by atoms with Gasteiger partial charge in [-0.05, 0) is 25.5 Å². The lowest BCUT2D eigenvalue weighted by Crippen LogP contribution is -2.28. The van der Waals surface area contributed by atoms with Crippen LogP contribution in [-0.2, 0) is 6.54 Å². The molecule has 138 valence electrons. The van der Waals surface area contributed by atoms with Crippen molar-refractivity contribution in [3.63, 3.8) is 0 Å². The van der Waals surface area contributed by atoms with Gasteiger partial charge in [-0.25, -0.2) is 15.0 Å². The van der Waals surface area contributed by atoms with Crippen molar-refractivity contribution in [2.45, 2.75) is 26.6 Å². The molecule has 0 unspecified atom stereocenters. The molecule has 0 aliphatic rings. The molecule has 3 aromatic heterocycles. The third-order valence-corrected chi connectivity index (χ3v) is 5.21. The lowest BCUT2D eigenvalue weighted by atomic mass is 10.3. The number of alkyl halides is 3. The molecule has 0 atom stereocenters. The van der Waals surface area contributed by atoms with Gasteiger partial charge in [0.25, 0.3) is 0 Å². The number of thiazole rings is 2. The Hall–Kier alpha value is -2.04. The van der Waals surface area contributed by atoms with E-state index in [0.717, 1.165) is 21.3 Å². The van der Waals surface area contributed by atoms with Crippen LogP contribution in [0.2, 0.25) is 0 Å². The van der Waals surface area contributed by atoms with E-state index in [0.29, 0.717) is 16.5 Å². The molecule has 0 aliphatic heterocycles. The van der Waals surface area contributed by atoms with Crippen molar-refractivity contribution < 1.29 is 13.2 Å². The van der Waals surface area contributed by atoms with E-state index in [2.05, 4.69) is 25.6 Å². The van der Waals surface area contributed by atoms with Crippen LogP contribution in [0.4, 0.5) is 24.1 Å². The SMILES string of the molecule is Cc1nc(C)c(-c2csc(Nc3ccc(CNCC(F)(F)F)cn3)n2)s1. The van der Waals surface area contributed by atoms with Crippen LogP contribution in [0.15, 0.2) is 23.7 Å². The molecule has 2 N–H and O–H groups in total. The standard InChI is InChI=1S/C16H16F3N5S2/c1-9-14(26-10(2)22-9)12-7-25-15(23-12)24-13-4-3-11(6-21-13)5-20-8-16(17,18)19/h3-4,6-7,20H,5,8H2,1-2H3,(H,21,23,24). The molecular weight excluding hydrogens is 383 g/mol. The van der Waals surface area contributed by atoms with E-state index < -0.39 is 12.7 Å². The van der Waals surface area contributed by atoms with Gasteiger partial charge in [0.15, 0.2) is 5.13 Å². The molecule has 0 fully saturated rings. The quantitative estimate of drug-likeness (QED) is 0.631. The van der Waals surface area contributed by atoms with Crippen LogP contribution in [0.25, 0.3) is 10.6 Å². The monoisotopic (exact) mass is 399 g/mol. The smallest absolute Gasteiger partial charge is 0.316 e. The van der Waals surface area contributed by atoms with Gasteiger partial charge in [-0.15, -0.1) is 22.7 Å². The molecule has 10 heteroatoms. The van der Waals surface area contributed by atoms with E-state index in [4.69, 9.17) is 0 Å². The summed E-state index contributed by atoms with van der Waals surface area (Å²) in [5.74, 6) is 0.586. The fourth-order valence-electron chi connectivity index (χ4n) is 2.27. The van der Waals surface area contributed by atoms with E-state index in [1.165, 1.54) is 17.5 Å². The normalized spacial score (nSPS) is 11.7. The third kappa shape index (κ3) is 4.99. The summed E-state index contributed by atoms with van der Waals surface area (Å²) < 4.78 is 36.4. The van der Waals surface area contributed by atoms with Crippen molar-refractivity contribution in [1.29, 1.82) is 0 Å². The molecule has 0 aromatic carbocycles. The second-order valence-corrected chi connectivity index (χ2v) is 7.64. The Balaban J connectivity index is 1.60. The summed E-state index contributed by atoms with van der Waals surface area (Å²) in [5, 5.41) is 9.10. The minimum Gasteiger partial charge on any atom is -0.316 e. The summed E-state index contributed by atoms with van der Waals surface area (Å²) in [7, 11) is 0. The van der Waals surface area contributed by atoms with E-state index in [9.17, 15) is 13.2 Å². The zero-order valence-corrected chi connectivity index (χ0v) is 15.6. The number of halogens is 3. The van der Waals surface area contributed by atoms with Crippen molar-refractivity contribution in [1.82, 2.24) is 20.3 Å². The van der Waals surface area contributed by atoms with Gasteiger partial charge in [0.1, 0.15) is 5.82 Å². The molecule has 0 bridgehead atoms. The lowest BCUT2D eigenvalue weighted by Gasteiger charge is -2.08. The summed E-state index contributed by atoms with van der Waals surface area (Å²) in [6.07, 6.45) is -2.68. The third-order valence-electron chi connectivity index (χ3n) is 3.35. The number of hydrogen-bond acceptors (Lipinski definition) is 7. The zero-order chi connectivity index (χ0) is 18.7. The summed E-state index contributed by atoms with van der Waals surface area (Å²) in [4.78, 5) is 14.2. The van der Waals surface area contributed by atoms with Crippen molar-refractivity contribution in [2.24, 2.45) is 0 Å². The Morgan fingerprint density at radius 3 is 2.58 bits per heavy atom. The van der Waals surface area contributed by atoms with Crippen molar-refractivity contribution in [3.8, 4) is 10.6 Å². The fraction of sp³-hybridized carbons (Fsp3) is 0.312. The van der Waals surface area contributed by atoms with Gasteiger partial charge in [-0.2, -0.15) is 13.2 Å². The first-order valence-corrected chi connectivity index (χ1v) is 9.39. The lowest BCUT2D eigenvalue weighted by molar-refractivity contribution is -0.125. The van der Waals surface area contributed by atoms with Crippen LogP contribution in [-0.4, -0.2) is 27.7 Å². The number of anilines is 2. The van der Waals surface area contributed by atoms with E-state index >= 15 is 0 Å². The molecule has 5 nitrogen and oxygen atoms in total. The van der Waals surface area contributed by atoms with Gasteiger partial charge < -0.3 is 10.6 Å². The van der Waals surface area contributed by atoms with Crippen LogP contribution in [0, 0.1) is 13.8 Å². The number of hydrogen-bond donors (Lipinski definition) is 2. The second-order valence-electron chi connectivity index (χ2n) is 5.58. The Labute approximate surface area is 156 Å². The highest BCUT2D eigenvalue weighted by atomic mass is 32.1. The fourth-order valence-corrected chi connectivity index (χ4v) is 3.93. The van der Waals surface area contributed by atoms with Crippen LogP contribution in [0.3, 0.4) is 0 Å². The highest BCUT2D eigenvalue weighted by Gasteiger charge is 2.26. The Morgan fingerprint density at radius 2 is 1.96 bits per heavy atom. The molecule has 0 amide bonds. The zero-order valence-electron chi connectivity index (χ0n) is 14.0.